The number of hydrogen-bond donors (Lipinski definition) is 0. The molecule has 0 spiro atoms. The molecule has 0 saturated carbocycles. The average Bonchev–Trinajstić information content (AvgIpc) is 2.80. The van der Waals surface area contributed by atoms with E-state index in [1.54, 1.807) is 37.3 Å². The molecule has 3 rings (SSSR count). The number of carbonyl (C=O) groups is 3. The van der Waals surface area contributed by atoms with E-state index in [0.717, 1.165) is 4.90 Å². The van der Waals surface area contributed by atoms with Crippen molar-refractivity contribution in [2.24, 2.45) is 0 Å². The van der Waals surface area contributed by atoms with Gasteiger partial charge in [0.2, 0.25) is 0 Å². The molecule has 2 amide bonds. The quantitative estimate of drug-likeness (QED) is 0.508. The molecular weight excluding hydrogens is 442 g/mol. The molecule has 1 aliphatic rings. The minimum atomic E-state index is -0.577. The van der Waals surface area contributed by atoms with Gasteiger partial charge in [-0.05, 0) is 62.5 Å². The zero-order valence-electron chi connectivity index (χ0n) is 12.7. The number of nitrogens with zero attached hydrogens (tertiary/aromatic N) is 1. The van der Waals surface area contributed by atoms with Crippen molar-refractivity contribution in [2.45, 2.75) is 6.92 Å². The third-order valence-electron chi connectivity index (χ3n) is 3.79. The van der Waals surface area contributed by atoms with Crippen LogP contribution in [0.1, 0.15) is 36.6 Å². The summed E-state index contributed by atoms with van der Waals surface area (Å²) in [5.41, 5.74) is 1.91. The molecular formula is C17H11Br2NO4. The Morgan fingerprint density at radius 1 is 1.08 bits per heavy atom. The van der Waals surface area contributed by atoms with Gasteiger partial charge < -0.3 is 4.74 Å². The first-order chi connectivity index (χ1) is 11.4. The number of carbonyl (C=O) groups excluding carboxylic acids is 3. The van der Waals surface area contributed by atoms with Crippen LogP contribution in [0.25, 0.3) is 0 Å². The maximum Gasteiger partial charge on any atom is 0.340 e. The summed E-state index contributed by atoms with van der Waals surface area (Å²) in [4.78, 5) is 38.5. The molecule has 0 N–H and O–H groups in total. The molecule has 1 aliphatic heterocycles. The number of esters is 1. The Hall–Kier alpha value is -1.99. The highest BCUT2D eigenvalue weighted by Crippen LogP contribution is 2.41. The van der Waals surface area contributed by atoms with Crippen LogP contribution in [0.3, 0.4) is 0 Å². The number of methoxy groups -OCH3 is 1. The SMILES string of the molecule is COC(=O)c1c(Br)cc(C)c(N2C(=O)c3ccccc3C2=O)c1Br. The van der Waals surface area contributed by atoms with Crippen LogP contribution >= 0.6 is 31.9 Å². The van der Waals surface area contributed by atoms with Crippen molar-refractivity contribution in [1.29, 1.82) is 0 Å². The van der Waals surface area contributed by atoms with Crippen molar-refractivity contribution < 1.29 is 19.1 Å². The Balaban J connectivity index is 2.23. The first-order valence-electron chi connectivity index (χ1n) is 6.93. The van der Waals surface area contributed by atoms with Crippen molar-refractivity contribution in [3.8, 4) is 0 Å². The molecule has 24 heavy (non-hydrogen) atoms. The lowest BCUT2D eigenvalue weighted by molar-refractivity contribution is 0.0598. The van der Waals surface area contributed by atoms with Crippen molar-refractivity contribution in [3.05, 3.63) is 61.5 Å². The Morgan fingerprint density at radius 3 is 2.12 bits per heavy atom. The number of halogens is 2. The normalized spacial score (nSPS) is 13.2. The Labute approximate surface area is 154 Å². The van der Waals surface area contributed by atoms with Gasteiger partial charge in [-0.15, -0.1) is 0 Å². The predicted octanol–water partition coefficient (Wildman–Crippen LogP) is 4.11. The van der Waals surface area contributed by atoms with Crippen molar-refractivity contribution >= 4 is 55.3 Å². The summed E-state index contributed by atoms with van der Waals surface area (Å²) in [7, 11) is 1.27. The van der Waals surface area contributed by atoms with Gasteiger partial charge in [-0.1, -0.05) is 12.1 Å². The van der Waals surface area contributed by atoms with E-state index in [1.807, 2.05) is 0 Å². The highest BCUT2D eigenvalue weighted by molar-refractivity contribution is 9.11. The van der Waals surface area contributed by atoms with Gasteiger partial charge in [0.1, 0.15) is 0 Å². The molecule has 2 aromatic rings. The summed E-state index contributed by atoms with van der Waals surface area (Å²) >= 11 is 6.68. The van der Waals surface area contributed by atoms with E-state index < -0.39 is 17.8 Å². The van der Waals surface area contributed by atoms with Crippen molar-refractivity contribution in [1.82, 2.24) is 0 Å². The van der Waals surface area contributed by atoms with Crippen LogP contribution in [0.15, 0.2) is 39.3 Å². The van der Waals surface area contributed by atoms with E-state index in [-0.39, 0.29) is 5.56 Å². The molecule has 122 valence electrons. The third-order valence-corrected chi connectivity index (χ3v) is 5.19. The average molecular weight is 453 g/mol. The Kier molecular flexibility index (Phi) is 4.31. The van der Waals surface area contributed by atoms with Crippen LogP contribution in [0.2, 0.25) is 0 Å². The van der Waals surface area contributed by atoms with Crippen LogP contribution in [0.5, 0.6) is 0 Å². The third kappa shape index (κ3) is 2.39. The van der Waals surface area contributed by atoms with Gasteiger partial charge in [0, 0.05) is 4.47 Å². The molecule has 0 bridgehead atoms. The van der Waals surface area contributed by atoms with Gasteiger partial charge in [-0.2, -0.15) is 0 Å². The predicted molar refractivity (Wildman–Crippen MR) is 95.5 cm³/mol. The van der Waals surface area contributed by atoms with E-state index in [4.69, 9.17) is 4.74 Å². The summed E-state index contributed by atoms with van der Waals surface area (Å²) in [6.07, 6.45) is 0. The smallest absolute Gasteiger partial charge is 0.340 e. The number of imide groups is 1. The Bertz CT molecular complexity index is 873. The van der Waals surface area contributed by atoms with Gasteiger partial charge in [-0.25, -0.2) is 9.69 Å². The standard InChI is InChI=1S/C17H11Br2NO4/c1-8-7-11(18)12(17(23)24-2)13(19)14(8)20-15(21)9-5-3-4-6-10(9)16(20)22/h3-7H,1-2H3. The van der Waals surface area contributed by atoms with Crippen molar-refractivity contribution in [2.75, 3.05) is 12.0 Å². The summed E-state index contributed by atoms with van der Waals surface area (Å²) < 4.78 is 5.63. The molecule has 0 atom stereocenters. The first-order valence-corrected chi connectivity index (χ1v) is 8.51. The van der Waals surface area contributed by atoms with Crippen LogP contribution < -0.4 is 4.90 Å². The van der Waals surface area contributed by atoms with E-state index in [2.05, 4.69) is 31.9 Å². The molecule has 0 saturated heterocycles. The molecule has 0 aromatic heterocycles. The van der Waals surface area contributed by atoms with E-state index in [9.17, 15) is 14.4 Å². The Morgan fingerprint density at radius 2 is 1.62 bits per heavy atom. The van der Waals surface area contributed by atoms with Crippen LogP contribution in [0.4, 0.5) is 5.69 Å². The second-order valence-corrected chi connectivity index (χ2v) is 6.84. The lowest BCUT2D eigenvalue weighted by atomic mass is 10.1. The number of hydrogen-bond acceptors (Lipinski definition) is 4. The molecule has 0 fully saturated rings. The monoisotopic (exact) mass is 451 g/mol. The number of amides is 2. The number of benzene rings is 2. The summed E-state index contributed by atoms with van der Waals surface area (Å²) in [5.74, 6) is -1.42. The minimum absolute atomic E-state index is 0.217. The number of anilines is 1. The van der Waals surface area contributed by atoms with Crippen LogP contribution in [-0.2, 0) is 4.74 Å². The lowest BCUT2D eigenvalue weighted by Crippen LogP contribution is -2.31. The van der Waals surface area contributed by atoms with Crippen LogP contribution in [0, 0.1) is 6.92 Å². The van der Waals surface area contributed by atoms with E-state index in [1.165, 1.54) is 7.11 Å². The second-order valence-electron chi connectivity index (χ2n) is 5.20. The van der Waals surface area contributed by atoms with Gasteiger partial charge in [0.25, 0.3) is 11.8 Å². The highest BCUT2D eigenvalue weighted by Gasteiger charge is 2.39. The lowest BCUT2D eigenvalue weighted by Gasteiger charge is -2.21. The summed E-state index contributed by atoms with van der Waals surface area (Å²) in [5, 5.41) is 0. The topological polar surface area (TPSA) is 63.7 Å². The molecule has 1 heterocycles. The zero-order valence-corrected chi connectivity index (χ0v) is 15.9. The number of fused-ring (bicyclic) bond motifs is 1. The summed E-state index contributed by atoms with van der Waals surface area (Å²) in [6, 6.07) is 8.31. The molecule has 7 heteroatoms. The second kappa shape index (κ2) is 6.14. The number of ether oxygens (including phenoxy) is 1. The largest absolute Gasteiger partial charge is 0.465 e. The number of rotatable bonds is 2. The van der Waals surface area contributed by atoms with Crippen LogP contribution in [-0.4, -0.2) is 24.9 Å². The highest BCUT2D eigenvalue weighted by atomic mass is 79.9. The van der Waals surface area contributed by atoms with Gasteiger partial charge in [0.15, 0.2) is 0 Å². The molecule has 0 aliphatic carbocycles. The van der Waals surface area contributed by atoms with Crippen molar-refractivity contribution in [3.63, 3.8) is 0 Å². The van der Waals surface area contributed by atoms with E-state index >= 15 is 0 Å². The molecule has 2 aromatic carbocycles. The zero-order chi connectivity index (χ0) is 17.6. The molecule has 5 nitrogen and oxygen atoms in total. The summed E-state index contributed by atoms with van der Waals surface area (Å²) in [6.45, 7) is 1.76. The number of aryl methyl sites for hydroxylation is 1. The molecule has 0 unspecified atom stereocenters. The maximum atomic E-state index is 12.7. The van der Waals surface area contributed by atoms with Gasteiger partial charge in [-0.3, -0.25) is 9.59 Å². The fourth-order valence-electron chi connectivity index (χ4n) is 2.68. The van der Waals surface area contributed by atoms with E-state index in [0.29, 0.717) is 31.3 Å². The first kappa shape index (κ1) is 16.9. The van der Waals surface area contributed by atoms with Gasteiger partial charge >= 0.3 is 5.97 Å². The fraction of sp³-hybridized carbons (Fsp3) is 0.118. The fourth-order valence-corrected chi connectivity index (χ4v) is 4.52. The maximum absolute atomic E-state index is 12.7. The minimum Gasteiger partial charge on any atom is -0.465 e. The van der Waals surface area contributed by atoms with Gasteiger partial charge in [0.05, 0.1) is 34.0 Å². The molecule has 0 radical (unpaired) electrons.